The Morgan fingerprint density at radius 2 is 1.74 bits per heavy atom. The molecule has 0 amide bonds. The summed E-state index contributed by atoms with van der Waals surface area (Å²) in [5.74, 6) is -0.339. The molecular weight excluding hydrogens is 442 g/mol. The number of esters is 1. The van der Waals surface area contributed by atoms with E-state index < -0.39 is 0 Å². The molecule has 2 bridgehead atoms. The first-order valence-corrected chi connectivity index (χ1v) is 11.9. The van der Waals surface area contributed by atoms with E-state index in [1.807, 2.05) is 12.1 Å². The minimum Gasteiger partial charge on any atom is -0.467 e. The number of rotatable bonds is 12. The number of fused-ring (bicyclic) bond motifs is 2. The molecule has 0 aromatic heterocycles. The van der Waals surface area contributed by atoms with Crippen LogP contribution in [-0.2, 0) is 35.8 Å². The Hall–Kier alpha value is -2.35. The third-order valence-corrected chi connectivity index (χ3v) is 7.24. The number of ether oxygens (including phenoxy) is 4. The summed E-state index contributed by atoms with van der Waals surface area (Å²) in [6.45, 7) is 2.06. The van der Waals surface area contributed by atoms with Gasteiger partial charge in [-0.2, -0.15) is 0 Å². The first-order valence-electron chi connectivity index (χ1n) is 11.9. The molecule has 1 saturated carbocycles. The molecule has 7 heteroatoms. The largest absolute Gasteiger partial charge is 0.467 e. The van der Waals surface area contributed by atoms with Crippen molar-refractivity contribution in [2.45, 2.75) is 43.8 Å². The molecule has 2 fully saturated rings. The molecule has 5 nitrogen and oxygen atoms in total. The van der Waals surface area contributed by atoms with Gasteiger partial charge in [0.1, 0.15) is 18.2 Å². The van der Waals surface area contributed by atoms with Crippen molar-refractivity contribution in [3.05, 3.63) is 71.3 Å². The van der Waals surface area contributed by atoms with Crippen LogP contribution in [-0.4, -0.2) is 45.6 Å². The lowest BCUT2D eigenvalue weighted by Crippen LogP contribution is -2.41. The van der Waals surface area contributed by atoms with Crippen LogP contribution < -0.4 is 0 Å². The van der Waals surface area contributed by atoms with E-state index in [9.17, 15) is 13.6 Å². The zero-order chi connectivity index (χ0) is 24.0. The van der Waals surface area contributed by atoms with Crippen molar-refractivity contribution in [2.75, 3.05) is 33.5 Å². The van der Waals surface area contributed by atoms with Crippen molar-refractivity contribution in [1.82, 2.24) is 0 Å². The average molecular weight is 475 g/mol. The molecule has 184 valence electrons. The van der Waals surface area contributed by atoms with Crippen LogP contribution >= 0.6 is 0 Å². The Labute approximate surface area is 199 Å². The van der Waals surface area contributed by atoms with Gasteiger partial charge in [0.05, 0.1) is 33.0 Å². The Bertz CT molecular complexity index is 933. The van der Waals surface area contributed by atoms with E-state index in [-0.39, 0.29) is 41.6 Å². The summed E-state index contributed by atoms with van der Waals surface area (Å²) in [6, 6.07) is 13.2. The molecule has 0 spiro atoms. The van der Waals surface area contributed by atoms with Crippen LogP contribution in [0, 0.1) is 23.5 Å². The molecule has 34 heavy (non-hydrogen) atoms. The van der Waals surface area contributed by atoms with E-state index in [0.29, 0.717) is 32.3 Å². The molecule has 1 heterocycles. The minimum absolute atomic E-state index is 0.0325. The molecule has 1 aliphatic heterocycles. The fourth-order valence-corrected chi connectivity index (χ4v) is 5.52. The average Bonchev–Trinajstić information content (AvgIpc) is 3.41. The van der Waals surface area contributed by atoms with Crippen LogP contribution in [0.5, 0.6) is 0 Å². The van der Waals surface area contributed by atoms with E-state index in [0.717, 1.165) is 36.8 Å². The smallest absolute Gasteiger partial charge is 0.331 e. The predicted octanol–water partition coefficient (Wildman–Crippen LogP) is 4.81. The van der Waals surface area contributed by atoms with Crippen molar-refractivity contribution in [3.63, 3.8) is 0 Å². The second-order valence-corrected chi connectivity index (χ2v) is 9.25. The Kier molecular flexibility index (Phi) is 8.29. The standard InChI is InChI=1S/C27H32F2O5/c1-31-26(30)17-32-13-3-2-4-24-23(16-33-15-19-5-9-21(28)10-6-19)25-14-27(24,18-34-25)20-7-11-22(29)12-8-20/h5-12,23-25H,2-4,13-18H2,1H3/t23-,24-,25-,27-/m0/s1. The van der Waals surface area contributed by atoms with Gasteiger partial charge in [-0.25, -0.2) is 13.6 Å². The lowest BCUT2D eigenvalue weighted by Gasteiger charge is -2.39. The summed E-state index contributed by atoms with van der Waals surface area (Å²) >= 11 is 0. The van der Waals surface area contributed by atoms with Crippen LogP contribution in [0.4, 0.5) is 8.78 Å². The van der Waals surface area contributed by atoms with Gasteiger partial charge in [0.15, 0.2) is 0 Å². The fraction of sp³-hybridized carbons (Fsp3) is 0.519. The number of carbonyl (C=O) groups is 1. The van der Waals surface area contributed by atoms with Crippen LogP contribution in [0.25, 0.3) is 0 Å². The first-order chi connectivity index (χ1) is 16.5. The van der Waals surface area contributed by atoms with Gasteiger partial charge < -0.3 is 18.9 Å². The minimum atomic E-state index is -0.376. The van der Waals surface area contributed by atoms with Gasteiger partial charge in [-0.3, -0.25) is 0 Å². The van der Waals surface area contributed by atoms with Crippen molar-refractivity contribution in [1.29, 1.82) is 0 Å². The molecule has 2 aromatic rings. The maximum absolute atomic E-state index is 13.6. The maximum Gasteiger partial charge on any atom is 0.331 e. The SMILES string of the molecule is COC(=O)COCCCC[C@H]1[C@H](COCc2ccc(F)cc2)[C@@H]2C[C@@]1(c1ccc(F)cc1)CO2. The lowest BCUT2D eigenvalue weighted by molar-refractivity contribution is -0.145. The Morgan fingerprint density at radius 1 is 1.03 bits per heavy atom. The van der Waals surface area contributed by atoms with Crippen molar-refractivity contribution in [2.24, 2.45) is 11.8 Å². The van der Waals surface area contributed by atoms with E-state index in [4.69, 9.17) is 14.2 Å². The Balaban J connectivity index is 1.40. The van der Waals surface area contributed by atoms with Crippen LogP contribution in [0.2, 0.25) is 0 Å². The van der Waals surface area contributed by atoms with E-state index in [2.05, 4.69) is 4.74 Å². The lowest BCUT2D eigenvalue weighted by atomic mass is 9.69. The van der Waals surface area contributed by atoms with Crippen molar-refractivity contribution in [3.8, 4) is 0 Å². The first kappa shape index (κ1) is 24.8. The molecule has 1 aliphatic carbocycles. The molecule has 1 saturated heterocycles. The Morgan fingerprint density at radius 3 is 2.44 bits per heavy atom. The summed E-state index contributed by atoms with van der Waals surface area (Å²) in [4.78, 5) is 11.2. The molecular formula is C27H32F2O5. The summed E-state index contributed by atoms with van der Waals surface area (Å²) in [5.41, 5.74) is 1.89. The third-order valence-electron chi connectivity index (χ3n) is 7.24. The number of unbranched alkanes of at least 4 members (excludes halogenated alkanes) is 1. The summed E-state index contributed by atoms with van der Waals surface area (Å²) in [6.07, 6.45) is 3.73. The molecule has 0 radical (unpaired) electrons. The third kappa shape index (κ3) is 5.65. The van der Waals surface area contributed by atoms with Crippen molar-refractivity contribution < 1.29 is 32.5 Å². The molecule has 0 unspecified atom stereocenters. The number of hydrogen-bond acceptors (Lipinski definition) is 5. The molecule has 2 aromatic carbocycles. The predicted molar refractivity (Wildman–Crippen MR) is 122 cm³/mol. The highest BCUT2D eigenvalue weighted by Crippen LogP contribution is 2.56. The highest BCUT2D eigenvalue weighted by molar-refractivity contribution is 5.70. The number of benzene rings is 2. The second-order valence-electron chi connectivity index (χ2n) is 9.25. The number of methoxy groups -OCH3 is 1. The normalized spacial score (nSPS) is 25.6. The monoisotopic (exact) mass is 474 g/mol. The highest BCUT2D eigenvalue weighted by Gasteiger charge is 2.59. The molecule has 0 N–H and O–H groups in total. The van der Waals surface area contributed by atoms with Crippen LogP contribution in [0.15, 0.2) is 48.5 Å². The maximum atomic E-state index is 13.6. The van der Waals surface area contributed by atoms with Gasteiger partial charge in [0.2, 0.25) is 0 Å². The van der Waals surface area contributed by atoms with Gasteiger partial charge in [-0.15, -0.1) is 0 Å². The van der Waals surface area contributed by atoms with Crippen LogP contribution in [0.3, 0.4) is 0 Å². The van der Waals surface area contributed by atoms with Crippen molar-refractivity contribution >= 4 is 5.97 Å². The van der Waals surface area contributed by atoms with E-state index >= 15 is 0 Å². The van der Waals surface area contributed by atoms with Gasteiger partial charge >= 0.3 is 5.97 Å². The van der Waals surface area contributed by atoms with Gasteiger partial charge in [0, 0.05) is 17.9 Å². The molecule has 4 rings (SSSR count). The zero-order valence-corrected chi connectivity index (χ0v) is 19.5. The number of hydrogen-bond donors (Lipinski definition) is 0. The summed E-state index contributed by atoms with van der Waals surface area (Å²) in [5, 5.41) is 0. The summed E-state index contributed by atoms with van der Waals surface area (Å²) < 4.78 is 49.0. The van der Waals surface area contributed by atoms with Gasteiger partial charge in [-0.1, -0.05) is 30.7 Å². The van der Waals surface area contributed by atoms with Gasteiger partial charge in [-0.05, 0) is 60.6 Å². The quantitative estimate of drug-likeness (QED) is 0.326. The zero-order valence-electron chi connectivity index (χ0n) is 19.5. The second kappa shape index (κ2) is 11.4. The van der Waals surface area contributed by atoms with E-state index in [1.165, 1.54) is 31.4 Å². The van der Waals surface area contributed by atoms with Gasteiger partial charge in [0.25, 0.3) is 0 Å². The number of halogens is 2. The fourth-order valence-electron chi connectivity index (χ4n) is 5.52. The topological polar surface area (TPSA) is 54.0 Å². The highest BCUT2D eigenvalue weighted by atomic mass is 19.1. The van der Waals surface area contributed by atoms with E-state index in [1.54, 1.807) is 12.1 Å². The van der Waals surface area contributed by atoms with Crippen LogP contribution in [0.1, 0.15) is 36.8 Å². The molecule has 2 aliphatic rings. The molecule has 4 atom stereocenters. The summed E-state index contributed by atoms with van der Waals surface area (Å²) in [7, 11) is 1.34. The number of carbonyl (C=O) groups excluding carboxylic acids is 1.